The van der Waals surface area contributed by atoms with E-state index in [0.29, 0.717) is 13.2 Å². The molecule has 0 bridgehead atoms. The van der Waals surface area contributed by atoms with Gasteiger partial charge in [-0.2, -0.15) is 0 Å². The van der Waals surface area contributed by atoms with E-state index in [-0.39, 0.29) is 17.6 Å². The molecule has 0 aliphatic rings. The van der Waals surface area contributed by atoms with Crippen molar-refractivity contribution in [1.29, 1.82) is 0 Å². The Morgan fingerprint density at radius 1 is 0.650 bits per heavy atom. The molecule has 0 aromatic heterocycles. The fraction of sp³-hybridized carbons (Fsp3) is 0.824. The average Bonchev–Trinajstić information content (AvgIpc) is 2.96. The highest BCUT2D eigenvalue weighted by molar-refractivity contribution is 6.37. The first-order valence-electron chi connectivity index (χ1n) is 17.1. The maximum Gasteiger partial charge on any atom is 0.713 e. The quantitative estimate of drug-likeness (QED) is 0.0604. The Morgan fingerprint density at radius 3 is 1.60 bits per heavy atom. The second kappa shape index (κ2) is 23.5. The van der Waals surface area contributed by atoms with Crippen molar-refractivity contribution >= 4 is 7.32 Å². The Morgan fingerprint density at radius 2 is 1.15 bits per heavy atom. The zero-order valence-electron chi connectivity index (χ0n) is 27.3. The molecule has 0 amide bonds. The van der Waals surface area contributed by atoms with Gasteiger partial charge in [0.25, 0.3) is 0 Å². The summed E-state index contributed by atoms with van der Waals surface area (Å²) in [6, 6.07) is 5.84. The minimum Gasteiger partial charge on any atom is -0.509 e. The molecule has 0 fully saturated rings. The van der Waals surface area contributed by atoms with Crippen molar-refractivity contribution in [3.8, 4) is 5.75 Å². The van der Waals surface area contributed by atoms with Gasteiger partial charge in [-0.25, -0.2) is 4.39 Å². The molecule has 40 heavy (non-hydrogen) atoms. The van der Waals surface area contributed by atoms with Gasteiger partial charge >= 0.3 is 7.32 Å². The van der Waals surface area contributed by atoms with Gasteiger partial charge in [-0.15, -0.1) is 0 Å². The first kappa shape index (κ1) is 36.9. The molecular formula is C34H64BFNO3+. The van der Waals surface area contributed by atoms with E-state index in [1.807, 2.05) is 12.1 Å². The zero-order chi connectivity index (χ0) is 29.5. The van der Waals surface area contributed by atoms with E-state index in [1.54, 1.807) is 6.07 Å². The van der Waals surface area contributed by atoms with Gasteiger partial charge in [0.2, 0.25) is 0 Å². The highest BCUT2D eigenvalue weighted by Gasteiger charge is 2.38. The third-order valence-electron chi connectivity index (χ3n) is 8.17. The molecule has 4 nitrogen and oxygen atoms in total. The van der Waals surface area contributed by atoms with E-state index in [1.165, 1.54) is 44.9 Å². The van der Waals surface area contributed by atoms with Crippen molar-refractivity contribution in [1.82, 2.24) is 0 Å². The van der Waals surface area contributed by atoms with Crippen LogP contribution in [0.3, 0.4) is 0 Å². The summed E-state index contributed by atoms with van der Waals surface area (Å²) >= 11 is 0. The van der Waals surface area contributed by atoms with Crippen LogP contribution < -0.4 is 4.65 Å². The van der Waals surface area contributed by atoms with Gasteiger partial charge in [-0.1, -0.05) is 112 Å². The second-order valence-corrected chi connectivity index (χ2v) is 11.7. The first-order valence-corrected chi connectivity index (χ1v) is 17.1. The molecular weight excluding hydrogens is 500 g/mol. The summed E-state index contributed by atoms with van der Waals surface area (Å²) in [6.45, 7) is 17.9. The number of benzene rings is 1. The van der Waals surface area contributed by atoms with Crippen molar-refractivity contribution in [2.75, 3.05) is 32.8 Å². The first-order chi connectivity index (χ1) is 19.5. The van der Waals surface area contributed by atoms with Gasteiger partial charge in [0.05, 0.1) is 19.6 Å². The summed E-state index contributed by atoms with van der Waals surface area (Å²) in [4.78, 5) is 0. The molecule has 1 aromatic rings. The van der Waals surface area contributed by atoms with Crippen molar-refractivity contribution in [3.05, 3.63) is 29.6 Å². The lowest BCUT2D eigenvalue weighted by Crippen LogP contribution is -2.53. The second-order valence-electron chi connectivity index (χ2n) is 11.7. The number of nitrogens with zero attached hydrogens (tertiary/aromatic N) is 1. The lowest BCUT2D eigenvalue weighted by atomic mass is 9.94. The molecule has 0 aliphatic heterocycles. The summed E-state index contributed by atoms with van der Waals surface area (Å²) in [6.07, 6.45) is 17.9. The molecule has 1 rings (SSSR count). The van der Waals surface area contributed by atoms with Gasteiger partial charge in [0.15, 0.2) is 5.82 Å². The summed E-state index contributed by atoms with van der Waals surface area (Å²) in [5, 5.41) is 0. The topological polar surface area (TPSA) is 27.7 Å². The Labute approximate surface area is 248 Å². The van der Waals surface area contributed by atoms with E-state index in [0.717, 1.165) is 87.5 Å². The standard InChI is InChI=1S/C34H64BFNO3/c1-7-13-18-20-29-38-35(39-30-21-19-14-8-2)40-33-25-22-24-31(34(33)36)32(23-12-6)37(26-15-9-3,27-16-10-4)28-17-11-5/h22,24-25,32H,7-21,23,26-30H2,1-6H3/q+1. The molecule has 1 unspecified atom stereocenters. The maximum atomic E-state index is 16.4. The van der Waals surface area contributed by atoms with Crippen LogP contribution in [0.2, 0.25) is 0 Å². The Hall–Kier alpha value is -1.11. The maximum absolute atomic E-state index is 16.4. The monoisotopic (exact) mass is 564 g/mol. The van der Waals surface area contributed by atoms with E-state index >= 15 is 4.39 Å². The van der Waals surface area contributed by atoms with Crippen molar-refractivity contribution in [2.45, 2.75) is 150 Å². The van der Waals surface area contributed by atoms with Gasteiger partial charge in [-0.3, -0.25) is 0 Å². The van der Waals surface area contributed by atoms with Crippen LogP contribution in [0.25, 0.3) is 0 Å². The van der Waals surface area contributed by atoms with Crippen LogP contribution in [0.4, 0.5) is 4.39 Å². The van der Waals surface area contributed by atoms with E-state index < -0.39 is 7.32 Å². The van der Waals surface area contributed by atoms with Gasteiger partial charge in [0, 0.05) is 25.2 Å². The van der Waals surface area contributed by atoms with Crippen LogP contribution in [0, 0.1) is 5.82 Å². The number of halogens is 1. The van der Waals surface area contributed by atoms with Crippen LogP contribution in [0.1, 0.15) is 156 Å². The fourth-order valence-electron chi connectivity index (χ4n) is 5.73. The van der Waals surface area contributed by atoms with E-state index in [9.17, 15) is 0 Å². The number of quaternary nitrogens is 1. The zero-order valence-corrected chi connectivity index (χ0v) is 27.3. The average molecular weight is 565 g/mol. The lowest BCUT2D eigenvalue weighted by molar-refractivity contribution is -0.958. The van der Waals surface area contributed by atoms with E-state index in [4.69, 9.17) is 14.0 Å². The third kappa shape index (κ3) is 13.7. The molecule has 6 heteroatoms. The third-order valence-corrected chi connectivity index (χ3v) is 8.17. The molecule has 0 saturated carbocycles. The molecule has 0 saturated heterocycles. The molecule has 232 valence electrons. The highest BCUT2D eigenvalue weighted by atomic mass is 19.1. The number of unbranched alkanes of at least 4 members (excludes halogenated alkanes) is 9. The Kier molecular flexibility index (Phi) is 21.7. The minimum absolute atomic E-state index is 0.126. The predicted octanol–water partition coefficient (Wildman–Crippen LogP) is 10.4. The molecule has 0 aliphatic carbocycles. The van der Waals surface area contributed by atoms with Crippen molar-refractivity contribution in [3.63, 3.8) is 0 Å². The molecule has 0 spiro atoms. The van der Waals surface area contributed by atoms with Gasteiger partial charge in [0.1, 0.15) is 11.8 Å². The largest absolute Gasteiger partial charge is 0.713 e. The number of hydrogen-bond donors (Lipinski definition) is 0. The van der Waals surface area contributed by atoms with Crippen LogP contribution in [0.5, 0.6) is 5.75 Å². The fourth-order valence-corrected chi connectivity index (χ4v) is 5.73. The normalized spacial score (nSPS) is 12.6. The van der Waals surface area contributed by atoms with E-state index in [2.05, 4.69) is 41.5 Å². The lowest BCUT2D eigenvalue weighted by Gasteiger charge is -2.46. The molecule has 1 atom stereocenters. The minimum atomic E-state index is -0.878. The predicted molar refractivity (Wildman–Crippen MR) is 170 cm³/mol. The van der Waals surface area contributed by atoms with Crippen LogP contribution >= 0.6 is 0 Å². The number of hydrogen-bond acceptors (Lipinski definition) is 3. The van der Waals surface area contributed by atoms with Gasteiger partial charge < -0.3 is 18.4 Å². The highest BCUT2D eigenvalue weighted by Crippen LogP contribution is 2.38. The molecule has 1 aromatic carbocycles. The van der Waals surface area contributed by atoms with Gasteiger partial charge in [-0.05, 0) is 44.2 Å². The number of rotatable bonds is 27. The van der Waals surface area contributed by atoms with Crippen LogP contribution in [-0.4, -0.2) is 44.7 Å². The van der Waals surface area contributed by atoms with Crippen molar-refractivity contribution in [2.24, 2.45) is 0 Å². The smallest absolute Gasteiger partial charge is 0.509 e. The summed E-state index contributed by atoms with van der Waals surface area (Å²) in [5.41, 5.74) is 0.798. The molecule has 0 N–H and O–H groups in total. The Balaban J connectivity index is 3.27. The summed E-state index contributed by atoms with van der Waals surface area (Å²) < 4.78 is 35.6. The SMILES string of the molecule is CCCCCCOB(OCCCCCC)Oc1cccc(C(CCC)[N+](CCCC)(CCCC)CCCC)c1F. The molecule has 0 heterocycles. The Bertz CT molecular complexity index is 699. The van der Waals surface area contributed by atoms with Crippen LogP contribution in [-0.2, 0) is 9.31 Å². The van der Waals surface area contributed by atoms with Crippen LogP contribution in [0.15, 0.2) is 18.2 Å². The van der Waals surface area contributed by atoms with Crippen molar-refractivity contribution < 1.29 is 22.8 Å². The summed E-state index contributed by atoms with van der Waals surface area (Å²) in [5.74, 6) is 0.0207. The summed E-state index contributed by atoms with van der Waals surface area (Å²) in [7, 11) is -0.878. The molecule has 0 radical (unpaired) electrons.